The van der Waals surface area contributed by atoms with E-state index in [9.17, 15) is 31.1 Å². The molecule has 12 heteroatoms. The summed E-state index contributed by atoms with van der Waals surface area (Å²) in [6, 6.07) is 0.217. The van der Waals surface area contributed by atoms with Crippen LogP contribution < -0.4 is 10.9 Å². The summed E-state index contributed by atoms with van der Waals surface area (Å²) in [7, 11) is 0. The van der Waals surface area contributed by atoms with Gasteiger partial charge in [0.15, 0.2) is 0 Å². The summed E-state index contributed by atoms with van der Waals surface area (Å²) < 4.78 is 74.5. The number of carbonyl (C=O) groups is 1. The Bertz CT molecular complexity index is 586. The van der Waals surface area contributed by atoms with Gasteiger partial charge in [-0.25, -0.2) is 10.9 Å². The van der Waals surface area contributed by atoms with Gasteiger partial charge in [-0.05, 0) is 6.07 Å². The predicted octanol–water partition coefficient (Wildman–Crippen LogP) is 4.43. The molecule has 0 fully saturated rings. The molecule has 3 nitrogen and oxygen atoms in total. The van der Waals surface area contributed by atoms with Gasteiger partial charge in [0.05, 0.1) is 26.3 Å². The molecule has 1 rings (SSSR count). The number of benzene rings is 1. The van der Waals surface area contributed by atoms with Crippen molar-refractivity contribution in [3.63, 3.8) is 0 Å². The minimum atomic E-state index is -5.38. The van der Waals surface area contributed by atoms with Crippen LogP contribution in [0.1, 0.15) is 5.56 Å². The Labute approximate surface area is 128 Å². The largest absolute Gasteiger partial charge is 0.473 e. The van der Waals surface area contributed by atoms with Crippen molar-refractivity contribution < 1.29 is 31.1 Å². The van der Waals surface area contributed by atoms with Crippen molar-refractivity contribution in [2.75, 3.05) is 5.01 Å². The zero-order valence-electron chi connectivity index (χ0n) is 9.41. The summed E-state index contributed by atoms with van der Waals surface area (Å²) in [5.74, 6) is 2.33. The van der Waals surface area contributed by atoms with Crippen molar-refractivity contribution in [2.45, 2.75) is 12.4 Å². The van der Waals surface area contributed by atoms with Gasteiger partial charge in [0.25, 0.3) is 0 Å². The van der Waals surface area contributed by atoms with Gasteiger partial charge in [-0.1, -0.05) is 34.8 Å². The minimum Gasteiger partial charge on any atom is -0.262 e. The quantitative estimate of drug-likeness (QED) is 0.259. The van der Waals surface area contributed by atoms with E-state index in [1.54, 1.807) is 0 Å². The van der Waals surface area contributed by atoms with Gasteiger partial charge in [0, 0.05) is 0 Å². The number of hydrazine groups is 1. The Balaban J connectivity index is 3.48. The number of carbonyl (C=O) groups excluding carboxylic acids is 1. The number of rotatable bonds is 1. The van der Waals surface area contributed by atoms with Crippen molar-refractivity contribution in [3.05, 3.63) is 26.7 Å². The molecular formula is C9H3Cl3F6N2O. The van der Waals surface area contributed by atoms with E-state index >= 15 is 0 Å². The van der Waals surface area contributed by atoms with Crippen LogP contribution >= 0.6 is 34.8 Å². The first-order chi connectivity index (χ1) is 9.28. The summed E-state index contributed by atoms with van der Waals surface area (Å²) in [6.07, 6.45) is -10.3. The highest BCUT2D eigenvalue weighted by molar-refractivity contribution is 6.47. The normalized spacial score (nSPS) is 12.5. The number of alkyl halides is 6. The fourth-order valence-corrected chi connectivity index (χ4v) is 2.14. The molecule has 0 aromatic heterocycles. The smallest absolute Gasteiger partial charge is 0.262 e. The molecule has 0 aliphatic heterocycles. The summed E-state index contributed by atoms with van der Waals surface area (Å²) in [6.45, 7) is 0. The Hall–Kier alpha value is -0.900. The van der Waals surface area contributed by atoms with Gasteiger partial charge in [0.1, 0.15) is 0 Å². The lowest BCUT2D eigenvalue weighted by Crippen LogP contribution is -2.46. The molecule has 0 unspecified atom stereocenters. The summed E-state index contributed by atoms with van der Waals surface area (Å²) >= 11 is 16.2. The summed E-state index contributed by atoms with van der Waals surface area (Å²) in [5.41, 5.74) is -2.46. The third-order valence-electron chi connectivity index (χ3n) is 2.14. The van der Waals surface area contributed by atoms with Crippen molar-refractivity contribution in [1.82, 2.24) is 0 Å². The van der Waals surface area contributed by atoms with E-state index in [0.29, 0.717) is 0 Å². The Kier molecular flexibility index (Phi) is 4.94. The molecule has 2 N–H and O–H groups in total. The van der Waals surface area contributed by atoms with Crippen LogP contribution in [-0.4, -0.2) is 12.1 Å². The number of hydrogen-bond donors (Lipinski definition) is 1. The lowest BCUT2D eigenvalue weighted by atomic mass is 10.2. The standard InChI is InChI=1S/C9H3Cl3F6N2O/c10-3-1-2(8(13,14)15)4(11)5(12)6(3)20(19)7(21)9(16,17)18/h1H,19H2. The molecule has 0 aliphatic carbocycles. The zero-order valence-corrected chi connectivity index (χ0v) is 11.7. The van der Waals surface area contributed by atoms with Crippen LogP contribution in [0.4, 0.5) is 32.0 Å². The van der Waals surface area contributed by atoms with Crippen LogP contribution in [0.25, 0.3) is 0 Å². The molecule has 1 aromatic carbocycles. The van der Waals surface area contributed by atoms with E-state index < -0.39 is 49.6 Å². The highest BCUT2D eigenvalue weighted by atomic mass is 35.5. The molecule has 1 amide bonds. The predicted molar refractivity (Wildman–Crippen MR) is 64.2 cm³/mol. The maximum Gasteiger partial charge on any atom is 0.473 e. The van der Waals surface area contributed by atoms with Gasteiger partial charge in [-0.15, -0.1) is 0 Å². The van der Waals surface area contributed by atoms with Gasteiger partial charge in [-0.2, -0.15) is 26.3 Å². The molecule has 1 aromatic rings. The fourth-order valence-electron chi connectivity index (χ4n) is 1.25. The van der Waals surface area contributed by atoms with Crippen LogP contribution in [0.5, 0.6) is 0 Å². The molecule has 0 saturated carbocycles. The maximum absolute atomic E-state index is 12.6. The first-order valence-electron chi connectivity index (χ1n) is 4.69. The van der Waals surface area contributed by atoms with Gasteiger partial charge in [-0.3, -0.25) is 4.79 Å². The van der Waals surface area contributed by atoms with E-state index in [4.69, 9.17) is 40.6 Å². The summed E-state index contributed by atoms with van der Waals surface area (Å²) in [4.78, 5) is 11.0. The Morgan fingerprint density at radius 1 is 1.05 bits per heavy atom. The number of nitrogens with zero attached hydrogens (tertiary/aromatic N) is 1. The zero-order chi connectivity index (χ0) is 16.7. The average molecular weight is 375 g/mol. The number of hydrogen-bond acceptors (Lipinski definition) is 2. The molecule has 0 bridgehead atoms. The van der Waals surface area contributed by atoms with E-state index in [-0.39, 0.29) is 6.07 Å². The highest BCUT2D eigenvalue weighted by Crippen LogP contribution is 2.46. The topological polar surface area (TPSA) is 46.3 Å². The second kappa shape index (κ2) is 5.71. The Morgan fingerprint density at radius 3 is 1.90 bits per heavy atom. The van der Waals surface area contributed by atoms with E-state index in [2.05, 4.69) is 0 Å². The number of nitrogens with two attached hydrogens (primary N) is 1. The van der Waals surface area contributed by atoms with Gasteiger partial charge < -0.3 is 0 Å². The van der Waals surface area contributed by atoms with Crippen molar-refractivity contribution in [1.29, 1.82) is 0 Å². The van der Waals surface area contributed by atoms with Crippen molar-refractivity contribution >= 4 is 46.4 Å². The van der Waals surface area contributed by atoms with E-state index in [0.717, 1.165) is 0 Å². The summed E-state index contributed by atoms with van der Waals surface area (Å²) in [5, 5.41) is -3.60. The monoisotopic (exact) mass is 374 g/mol. The van der Waals surface area contributed by atoms with Gasteiger partial charge in [0.2, 0.25) is 0 Å². The molecule has 21 heavy (non-hydrogen) atoms. The molecule has 0 atom stereocenters. The van der Waals surface area contributed by atoms with Crippen LogP contribution in [-0.2, 0) is 11.0 Å². The molecular weight excluding hydrogens is 372 g/mol. The Morgan fingerprint density at radius 2 is 1.52 bits per heavy atom. The minimum absolute atomic E-state index is 0.217. The molecule has 0 radical (unpaired) electrons. The third kappa shape index (κ3) is 3.65. The highest BCUT2D eigenvalue weighted by Gasteiger charge is 2.44. The fraction of sp³-hybridized carbons (Fsp3) is 0.222. The lowest BCUT2D eigenvalue weighted by Gasteiger charge is -2.22. The van der Waals surface area contributed by atoms with Crippen LogP contribution in [0.2, 0.25) is 15.1 Å². The van der Waals surface area contributed by atoms with Crippen LogP contribution in [0.15, 0.2) is 6.07 Å². The molecule has 0 saturated heterocycles. The van der Waals surface area contributed by atoms with Crippen LogP contribution in [0, 0.1) is 0 Å². The van der Waals surface area contributed by atoms with Crippen LogP contribution in [0.3, 0.4) is 0 Å². The number of anilines is 1. The second-order valence-corrected chi connectivity index (χ2v) is 4.72. The van der Waals surface area contributed by atoms with Gasteiger partial charge >= 0.3 is 18.3 Å². The number of amides is 1. The second-order valence-electron chi connectivity index (χ2n) is 3.55. The van der Waals surface area contributed by atoms with Crippen molar-refractivity contribution in [2.24, 2.45) is 5.84 Å². The first-order valence-corrected chi connectivity index (χ1v) is 5.82. The van der Waals surface area contributed by atoms with E-state index in [1.807, 2.05) is 0 Å². The molecule has 0 spiro atoms. The average Bonchev–Trinajstić information content (AvgIpc) is 2.30. The first kappa shape index (κ1) is 18.1. The van der Waals surface area contributed by atoms with Crippen molar-refractivity contribution in [3.8, 4) is 0 Å². The molecule has 0 heterocycles. The SMILES string of the molecule is NN(C(=O)C(F)(F)F)c1c(Cl)cc(C(F)(F)F)c(Cl)c1Cl. The number of halogens is 9. The lowest BCUT2D eigenvalue weighted by molar-refractivity contribution is -0.170. The molecule has 0 aliphatic rings. The van der Waals surface area contributed by atoms with E-state index in [1.165, 1.54) is 0 Å². The molecule has 118 valence electrons. The third-order valence-corrected chi connectivity index (χ3v) is 3.29. The maximum atomic E-state index is 12.6.